The lowest BCUT2D eigenvalue weighted by molar-refractivity contribution is -0.141. The van der Waals surface area contributed by atoms with Gasteiger partial charge in [-0.05, 0) is 56.0 Å². The molecule has 2 aromatic carbocycles. The number of rotatable bonds is 4. The van der Waals surface area contributed by atoms with Gasteiger partial charge in [-0.3, -0.25) is 4.79 Å². The van der Waals surface area contributed by atoms with Crippen molar-refractivity contribution in [3.63, 3.8) is 0 Å². The Hall–Kier alpha value is -2.66. The van der Waals surface area contributed by atoms with Gasteiger partial charge in [0.2, 0.25) is 14.8 Å². The number of hydrogen-bond donors (Lipinski definition) is 1. The molecule has 0 saturated carbocycles. The summed E-state index contributed by atoms with van der Waals surface area (Å²) in [5.41, 5.74) is -0.246. The maximum absolute atomic E-state index is 14.1. The van der Waals surface area contributed by atoms with Crippen LogP contribution in [0.5, 0.6) is 0 Å². The zero-order chi connectivity index (χ0) is 25.1. The van der Waals surface area contributed by atoms with E-state index in [1.807, 2.05) is 0 Å². The number of halogens is 4. The molecule has 1 aliphatic carbocycles. The molecule has 1 aliphatic heterocycles. The highest BCUT2D eigenvalue weighted by Gasteiger charge is 2.60. The predicted octanol–water partition coefficient (Wildman–Crippen LogP) is 4.00. The molecule has 0 amide bonds. The Morgan fingerprint density at radius 1 is 1.09 bits per heavy atom. The second-order valence-corrected chi connectivity index (χ2v) is 11.0. The number of carboxylic acid groups (broad SMARTS) is 1. The normalized spacial score (nSPS) is 25.9. The molecule has 1 fully saturated rings. The number of benzene rings is 2. The first kappa shape index (κ1) is 24.5. The van der Waals surface area contributed by atoms with Crippen LogP contribution in [-0.2, 0) is 32.2 Å². The third kappa shape index (κ3) is 3.65. The molecule has 4 rings (SSSR count). The van der Waals surface area contributed by atoms with Crippen LogP contribution in [0.4, 0.5) is 23.2 Å². The van der Waals surface area contributed by atoms with E-state index < -0.39 is 50.4 Å². The SMILES string of the molecule is C[C@@H]1CN(c2ccc(C(F)(F)F)c(F)c2)C[C@H](C)N1S(=O)(=O)C1(C(=O)O)CCc2ccccc21. The molecular formula is C23H24F4N2O4S. The largest absolute Gasteiger partial charge is 0.480 e. The minimum Gasteiger partial charge on any atom is -0.480 e. The molecule has 1 heterocycles. The van der Waals surface area contributed by atoms with E-state index in [0.717, 1.165) is 12.1 Å². The smallest absolute Gasteiger partial charge is 0.419 e. The van der Waals surface area contributed by atoms with Crippen LogP contribution < -0.4 is 4.90 Å². The average molecular weight is 501 g/mol. The Morgan fingerprint density at radius 3 is 2.26 bits per heavy atom. The van der Waals surface area contributed by atoms with Gasteiger partial charge in [-0.2, -0.15) is 17.5 Å². The van der Waals surface area contributed by atoms with Gasteiger partial charge in [-0.1, -0.05) is 24.3 Å². The van der Waals surface area contributed by atoms with Crippen LogP contribution in [0.15, 0.2) is 42.5 Å². The number of aryl methyl sites for hydroxylation is 1. The summed E-state index contributed by atoms with van der Waals surface area (Å²) in [4.78, 5) is 14.1. The van der Waals surface area contributed by atoms with Crippen molar-refractivity contribution in [2.75, 3.05) is 18.0 Å². The fraction of sp³-hybridized carbons (Fsp3) is 0.435. The van der Waals surface area contributed by atoms with Crippen molar-refractivity contribution in [2.24, 2.45) is 0 Å². The summed E-state index contributed by atoms with van der Waals surface area (Å²) in [6.07, 6.45) is -4.60. The summed E-state index contributed by atoms with van der Waals surface area (Å²) in [6.45, 7) is 3.34. The van der Waals surface area contributed by atoms with Crippen LogP contribution in [-0.4, -0.2) is 49.0 Å². The van der Waals surface area contributed by atoms with E-state index in [0.29, 0.717) is 18.1 Å². The fourth-order valence-corrected chi connectivity index (χ4v) is 7.78. The Labute approximate surface area is 194 Å². The molecule has 11 heteroatoms. The van der Waals surface area contributed by atoms with Gasteiger partial charge in [0.25, 0.3) is 0 Å². The Balaban J connectivity index is 1.67. The van der Waals surface area contributed by atoms with Crippen LogP contribution in [0.1, 0.15) is 37.0 Å². The van der Waals surface area contributed by atoms with Gasteiger partial charge in [-0.25, -0.2) is 12.8 Å². The topological polar surface area (TPSA) is 77.9 Å². The summed E-state index contributed by atoms with van der Waals surface area (Å²) < 4.78 is 79.8. The third-order valence-electron chi connectivity index (χ3n) is 6.72. The highest BCUT2D eigenvalue weighted by Crippen LogP contribution is 2.46. The van der Waals surface area contributed by atoms with Crippen molar-refractivity contribution in [3.05, 3.63) is 65.0 Å². The van der Waals surface area contributed by atoms with Crippen molar-refractivity contribution in [1.29, 1.82) is 0 Å². The molecule has 0 aromatic heterocycles. The quantitative estimate of drug-likeness (QED) is 0.643. The van der Waals surface area contributed by atoms with E-state index in [9.17, 15) is 35.9 Å². The lowest BCUT2D eigenvalue weighted by atomic mass is 10.0. The number of sulfonamides is 1. The van der Waals surface area contributed by atoms with Gasteiger partial charge in [0, 0.05) is 30.9 Å². The van der Waals surface area contributed by atoms with Crippen molar-refractivity contribution >= 4 is 21.7 Å². The molecule has 184 valence electrons. The fourth-order valence-electron chi connectivity index (χ4n) is 5.28. The lowest BCUT2D eigenvalue weighted by Crippen LogP contribution is -2.63. The number of piperazine rings is 1. The van der Waals surface area contributed by atoms with E-state index in [2.05, 4.69) is 0 Å². The standard InChI is InChI=1S/C23H24F4N2O4S/c1-14-12-28(17-7-8-19(20(24)11-17)23(25,26)27)13-15(2)29(14)34(32,33)22(21(30)31)10-9-16-5-3-4-6-18(16)22/h3-8,11,14-15H,9-10,12-13H2,1-2H3,(H,30,31)/t14-,15+,22?. The minimum absolute atomic E-state index is 0.0612. The van der Waals surface area contributed by atoms with Gasteiger partial charge < -0.3 is 10.0 Å². The van der Waals surface area contributed by atoms with Crippen LogP contribution in [0, 0.1) is 5.82 Å². The number of carbonyl (C=O) groups is 1. The van der Waals surface area contributed by atoms with E-state index in [4.69, 9.17) is 0 Å². The van der Waals surface area contributed by atoms with E-state index >= 15 is 0 Å². The zero-order valence-corrected chi connectivity index (χ0v) is 19.3. The van der Waals surface area contributed by atoms with Crippen molar-refractivity contribution < 1.29 is 35.9 Å². The summed E-state index contributed by atoms with van der Waals surface area (Å²) in [7, 11) is -4.39. The highest BCUT2D eigenvalue weighted by molar-refractivity contribution is 7.91. The molecule has 1 N–H and O–H groups in total. The van der Waals surface area contributed by atoms with Crippen molar-refractivity contribution in [2.45, 2.75) is 49.7 Å². The Kier molecular flexibility index (Phi) is 5.92. The summed E-state index contributed by atoms with van der Waals surface area (Å²) >= 11 is 0. The second-order valence-electron chi connectivity index (χ2n) is 8.89. The number of hydrogen-bond acceptors (Lipinski definition) is 4. The van der Waals surface area contributed by atoms with Gasteiger partial charge in [0.1, 0.15) is 5.82 Å². The van der Waals surface area contributed by atoms with Gasteiger partial charge in [0.05, 0.1) is 5.56 Å². The molecule has 3 atom stereocenters. The lowest BCUT2D eigenvalue weighted by Gasteiger charge is -2.46. The monoisotopic (exact) mass is 500 g/mol. The second kappa shape index (κ2) is 8.23. The Morgan fingerprint density at radius 2 is 1.71 bits per heavy atom. The molecule has 0 bridgehead atoms. The number of nitrogens with zero attached hydrogens (tertiary/aromatic N) is 2. The molecule has 0 spiro atoms. The van der Waals surface area contributed by atoms with Gasteiger partial charge in [-0.15, -0.1) is 0 Å². The molecule has 1 unspecified atom stereocenters. The number of alkyl halides is 3. The summed E-state index contributed by atoms with van der Waals surface area (Å²) in [5, 5.41) is 10.2. The zero-order valence-electron chi connectivity index (χ0n) is 18.5. The first-order valence-electron chi connectivity index (χ1n) is 10.8. The first-order chi connectivity index (χ1) is 15.8. The van der Waals surface area contributed by atoms with E-state index in [1.54, 1.807) is 36.9 Å². The minimum atomic E-state index is -4.82. The maximum Gasteiger partial charge on any atom is 0.419 e. The molecule has 2 aliphatic rings. The molecular weight excluding hydrogens is 476 g/mol. The summed E-state index contributed by atoms with van der Waals surface area (Å²) in [5.74, 6) is -2.85. The van der Waals surface area contributed by atoms with Crippen LogP contribution in [0.2, 0.25) is 0 Å². The van der Waals surface area contributed by atoms with E-state index in [1.165, 1.54) is 10.4 Å². The molecule has 2 aromatic rings. The first-order valence-corrected chi connectivity index (χ1v) is 12.2. The van der Waals surface area contributed by atoms with Gasteiger partial charge >= 0.3 is 12.1 Å². The number of aliphatic carboxylic acids is 1. The highest BCUT2D eigenvalue weighted by atomic mass is 32.2. The molecule has 34 heavy (non-hydrogen) atoms. The number of fused-ring (bicyclic) bond motifs is 1. The van der Waals surface area contributed by atoms with Gasteiger partial charge in [0.15, 0.2) is 0 Å². The van der Waals surface area contributed by atoms with E-state index in [-0.39, 0.29) is 30.8 Å². The molecule has 0 radical (unpaired) electrons. The van der Waals surface area contributed by atoms with Crippen LogP contribution in [0.25, 0.3) is 0 Å². The van der Waals surface area contributed by atoms with Crippen LogP contribution >= 0.6 is 0 Å². The number of carboxylic acids is 1. The predicted molar refractivity (Wildman–Crippen MR) is 117 cm³/mol. The maximum atomic E-state index is 14.1. The molecule has 6 nitrogen and oxygen atoms in total. The number of anilines is 1. The molecule has 1 saturated heterocycles. The van der Waals surface area contributed by atoms with Crippen molar-refractivity contribution in [3.8, 4) is 0 Å². The average Bonchev–Trinajstić information content (AvgIpc) is 3.13. The Bertz CT molecular complexity index is 1220. The third-order valence-corrected chi connectivity index (χ3v) is 9.48. The summed E-state index contributed by atoms with van der Waals surface area (Å²) in [6, 6.07) is 7.80. The van der Waals surface area contributed by atoms with Crippen molar-refractivity contribution in [1.82, 2.24) is 4.31 Å². The van der Waals surface area contributed by atoms with Crippen LogP contribution in [0.3, 0.4) is 0 Å².